The van der Waals surface area contributed by atoms with Gasteiger partial charge in [-0.3, -0.25) is 0 Å². The van der Waals surface area contributed by atoms with Crippen LogP contribution in [0.4, 0.5) is 0 Å². The Balaban J connectivity index is 1.29. The Morgan fingerprint density at radius 2 is 1.93 bits per heavy atom. The summed E-state index contributed by atoms with van der Waals surface area (Å²) in [5.41, 5.74) is 1.92. The van der Waals surface area contributed by atoms with Gasteiger partial charge in [-0.05, 0) is 24.3 Å². The third kappa shape index (κ3) is 4.48. The zero-order valence-electron chi connectivity index (χ0n) is 17.5. The fraction of sp³-hybridized carbons (Fsp3) is 0.450. The fourth-order valence-electron chi connectivity index (χ4n) is 3.52. The van der Waals surface area contributed by atoms with E-state index in [-0.39, 0.29) is 6.61 Å². The van der Waals surface area contributed by atoms with Gasteiger partial charge in [0.1, 0.15) is 36.6 Å². The van der Waals surface area contributed by atoms with Crippen LogP contribution in [0.25, 0.3) is 0 Å². The number of hydrogen-bond donors (Lipinski definition) is 1. The summed E-state index contributed by atoms with van der Waals surface area (Å²) in [6.07, 6.45) is 3.26. The molecule has 0 radical (unpaired) electrons. The molecule has 1 aromatic heterocycles. The average molecular weight is 413 g/mol. The molecule has 1 atom stereocenters. The van der Waals surface area contributed by atoms with Gasteiger partial charge in [-0.25, -0.2) is 9.67 Å². The van der Waals surface area contributed by atoms with Crippen molar-refractivity contribution in [2.75, 3.05) is 41.1 Å². The van der Waals surface area contributed by atoms with Crippen LogP contribution in [0.5, 0.6) is 11.5 Å². The standard InChI is InChI=1S/C20H27N7O3/c1-24-11-19-20(25(2)14-24)21-13-26(19)8-15-9-27(23-22-15)10-16(28)12-30-18-6-4-17(29-3)5-7-18/h4-7,9,11,16,28H,8,10,12-14H2,1-3H3. The third-order valence-electron chi connectivity index (χ3n) is 4.94. The van der Waals surface area contributed by atoms with Crippen LogP contribution in [0.15, 0.2) is 47.4 Å². The van der Waals surface area contributed by atoms with Crippen molar-refractivity contribution in [3.63, 3.8) is 0 Å². The molecule has 160 valence electrons. The SMILES string of the molecule is COc1ccc(OCC(O)Cn2cc(CN3CN=C4C3=CN(C)CN4C)nn2)cc1. The van der Waals surface area contributed by atoms with E-state index in [4.69, 9.17) is 9.47 Å². The minimum Gasteiger partial charge on any atom is -0.497 e. The van der Waals surface area contributed by atoms with Crippen molar-refractivity contribution in [3.05, 3.63) is 48.1 Å². The van der Waals surface area contributed by atoms with E-state index in [1.807, 2.05) is 32.4 Å². The molecule has 10 heteroatoms. The summed E-state index contributed by atoms with van der Waals surface area (Å²) >= 11 is 0. The van der Waals surface area contributed by atoms with Gasteiger partial charge in [-0.2, -0.15) is 0 Å². The first-order valence-corrected chi connectivity index (χ1v) is 9.78. The topological polar surface area (TPSA) is 91.5 Å². The molecule has 1 unspecified atom stereocenters. The van der Waals surface area contributed by atoms with Crippen molar-refractivity contribution in [3.8, 4) is 11.5 Å². The van der Waals surface area contributed by atoms with E-state index in [2.05, 4.69) is 36.2 Å². The van der Waals surface area contributed by atoms with Gasteiger partial charge in [0.25, 0.3) is 0 Å². The van der Waals surface area contributed by atoms with Crippen LogP contribution in [0.3, 0.4) is 0 Å². The summed E-state index contributed by atoms with van der Waals surface area (Å²) in [5.74, 6) is 2.44. The molecule has 2 aliphatic rings. The number of amidine groups is 1. The molecule has 2 aliphatic heterocycles. The van der Waals surface area contributed by atoms with Crippen molar-refractivity contribution in [2.45, 2.75) is 19.2 Å². The van der Waals surface area contributed by atoms with Crippen LogP contribution in [0.2, 0.25) is 0 Å². The zero-order chi connectivity index (χ0) is 21.1. The first-order chi connectivity index (χ1) is 14.5. The van der Waals surface area contributed by atoms with E-state index in [1.165, 1.54) is 0 Å². The number of likely N-dealkylation sites (N-methyl/N-ethyl adjacent to an activating group) is 1. The first kappa shape index (κ1) is 20.0. The van der Waals surface area contributed by atoms with Gasteiger partial charge >= 0.3 is 0 Å². The lowest BCUT2D eigenvalue weighted by atomic mass is 10.3. The third-order valence-corrected chi connectivity index (χ3v) is 4.94. The number of hydrogen-bond acceptors (Lipinski definition) is 9. The zero-order valence-corrected chi connectivity index (χ0v) is 17.5. The lowest BCUT2D eigenvalue weighted by molar-refractivity contribution is 0.0888. The van der Waals surface area contributed by atoms with E-state index >= 15 is 0 Å². The van der Waals surface area contributed by atoms with Gasteiger partial charge in [0, 0.05) is 20.3 Å². The number of benzene rings is 1. The summed E-state index contributed by atoms with van der Waals surface area (Å²) < 4.78 is 12.4. The molecule has 0 amide bonds. The molecule has 0 fully saturated rings. The van der Waals surface area contributed by atoms with Crippen molar-refractivity contribution < 1.29 is 14.6 Å². The highest BCUT2D eigenvalue weighted by atomic mass is 16.5. The number of methoxy groups -OCH3 is 1. The largest absolute Gasteiger partial charge is 0.497 e. The lowest BCUT2D eigenvalue weighted by Gasteiger charge is -2.33. The molecular weight excluding hydrogens is 386 g/mol. The quantitative estimate of drug-likeness (QED) is 0.672. The van der Waals surface area contributed by atoms with E-state index in [0.717, 1.165) is 29.6 Å². The minimum atomic E-state index is -0.702. The number of aliphatic hydroxyl groups is 1. The van der Waals surface area contributed by atoms with Gasteiger partial charge < -0.3 is 29.3 Å². The summed E-state index contributed by atoms with van der Waals surface area (Å²) in [4.78, 5) is 11.0. The van der Waals surface area contributed by atoms with Crippen molar-refractivity contribution in [1.82, 2.24) is 29.7 Å². The van der Waals surface area contributed by atoms with Gasteiger partial charge in [0.2, 0.25) is 0 Å². The van der Waals surface area contributed by atoms with Crippen LogP contribution in [0.1, 0.15) is 5.69 Å². The van der Waals surface area contributed by atoms with E-state index in [1.54, 1.807) is 23.9 Å². The molecule has 1 aromatic carbocycles. The first-order valence-electron chi connectivity index (χ1n) is 9.78. The molecule has 0 saturated heterocycles. The van der Waals surface area contributed by atoms with Crippen LogP contribution in [-0.4, -0.2) is 87.9 Å². The van der Waals surface area contributed by atoms with Gasteiger partial charge in [-0.15, -0.1) is 5.10 Å². The van der Waals surface area contributed by atoms with Crippen molar-refractivity contribution in [2.24, 2.45) is 4.99 Å². The lowest BCUT2D eigenvalue weighted by Crippen LogP contribution is -2.41. The number of aliphatic imine (C=N–C) groups is 1. The van der Waals surface area contributed by atoms with Gasteiger partial charge in [0.15, 0.2) is 5.84 Å². The van der Waals surface area contributed by atoms with Crippen LogP contribution < -0.4 is 9.47 Å². The van der Waals surface area contributed by atoms with E-state index in [0.29, 0.717) is 25.5 Å². The summed E-state index contributed by atoms with van der Waals surface area (Å²) in [6.45, 7) is 2.50. The maximum absolute atomic E-state index is 10.3. The van der Waals surface area contributed by atoms with Crippen molar-refractivity contribution >= 4 is 5.84 Å². The Morgan fingerprint density at radius 1 is 1.17 bits per heavy atom. The highest BCUT2D eigenvalue weighted by molar-refractivity contribution is 5.99. The number of fused-ring (bicyclic) bond motifs is 1. The highest BCUT2D eigenvalue weighted by Gasteiger charge is 2.29. The molecular formula is C20H27N7O3. The number of ether oxygens (including phenoxy) is 2. The number of aromatic nitrogens is 3. The second kappa shape index (κ2) is 8.62. The molecule has 30 heavy (non-hydrogen) atoms. The maximum atomic E-state index is 10.3. The van der Waals surface area contributed by atoms with Crippen LogP contribution in [-0.2, 0) is 13.1 Å². The monoisotopic (exact) mass is 413 g/mol. The van der Waals surface area contributed by atoms with Crippen LogP contribution in [0, 0.1) is 0 Å². The minimum absolute atomic E-state index is 0.163. The van der Waals surface area contributed by atoms with E-state index < -0.39 is 6.10 Å². The maximum Gasteiger partial charge on any atom is 0.152 e. The average Bonchev–Trinajstić information content (AvgIpc) is 3.34. The molecule has 3 heterocycles. The van der Waals surface area contributed by atoms with Gasteiger partial charge in [-0.1, -0.05) is 5.21 Å². The Bertz CT molecular complexity index is 925. The Hall–Kier alpha value is -3.27. The number of rotatable bonds is 8. The highest BCUT2D eigenvalue weighted by Crippen LogP contribution is 2.23. The predicted molar refractivity (Wildman–Crippen MR) is 111 cm³/mol. The molecule has 0 saturated carbocycles. The second-order valence-electron chi connectivity index (χ2n) is 7.50. The summed E-state index contributed by atoms with van der Waals surface area (Å²) in [5, 5.41) is 18.7. The smallest absolute Gasteiger partial charge is 0.152 e. The fourth-order valence-corrected chi connectivity index (χ4v) is 3.52. The van der Waals surface area contributed by atoms with E-state index in [9.17, 15) is 5.11 Å². The second-order valence-corrected chi connectivity index (χ2v) is 7.50. The number of nitrogens with zero attached hydrogens (tertiary/aromatic N) is 7. The summed E-state index contributed by atoms with van der Waals surface area (Å²) in [7, 11) is 5.70. The number of aliphatic hydroxyl groups excluding tert-OH is 1. The molecule has 0 aliphatic carbocycles. The molecule has 2 aromatic rings. The molecule has 0 spiro atoms. The predicted octanol–water partition coefficient (Wildman–Crippen LogP) is 0.574. The Morgan fingerprint density at radius 3 is 2.70 bits per heavy atom. The molecule has 10 nitrogen and oxygen atoms in total. The Kier molecular flexibility index (Phi) is 5.75. The van der Waals surface area contributed by atoms with Crippen LogP contribution >= 0.6 is 0 Å². The normalized spacial score (nSPS) is 16.9. The molecule has 1 N–H and O–H groups in total. The Labute approximate surface area is 175 Å². The van der Waals surface area contributed by atoms with Crippen molar-refractivity contribution in [1.29, 1.82) is 0 Å². The molecule has 4 rings (SSSR count). The summed E-state index contributed by atoms with van der Waals surface area (Å²) in [6, 6.07) is 7.24. The molecule has 0 bridgehead atoms. The van der Waals surface area contributed by atoms with Gasteiger partial charge in [0.05, 0.1) is 38.8 Å².